The van der Waals surface area contributed by atoms with Crippen LogP contribution in [-0.2, 0) is 16.4 Å². The van der Waals surface area contributed by atoms with E-state index in [4.69, 9.17) is 4.52 Å². The molecule has 0 saturated carbocycles. The monoisotopic (exact) mass is 295 g/mol. The van der Waals surface area contributed by atoms with Gasteiger partial charge in [-0.1, -0.05) is 28.9 Å². The molecule has 0 atom stereocenters. The molecule has 108 valence electrons. The number of nitrogens with one attached hydrogen (secondary N) is 1. The molecule has 1 aromatic carbocycles. The van der Waals surface area contributed by atoms with Crippen LogP contribution in [0, 0.1) is 6.92 Å². The number of rotatable bonds is 6. The van der Waals surface area contributed by atoms with Crippen molar-refractivity contribution in [2.24, 2.45) is 0 Å². The topological polar surface area (TPSA) is 85.1 Å². The first-order chi connectivity index (χ1) is 9.50. The van der Waals surface area contributed by atoms with Crippen LogP contribution in [0.5, 0.6) is 0 Å². The highest BCUT2D eigenvalue weighted by atomic mass is 32.2. The Morgan fingerprint density at radius 3 is 2.85 bits per heavy atom. The van der Waals surface area contributed by atoms with Gasteiger partial charge in [0.05, 0.1) is 5.75 Å². The minimum atomic E-state index is -3.18. The molecular weight excluding hydrogens is 278 g/mol. The molecule has 0 unspecified atom stereocenters. The molecule has 1 heterocycles. The van der Waals surface area contributed by atoms with Crippen LogP contribution in [0.1, 0.15) is 18.4 Å². The molecule has 0 bridgehead atoms. The first kappa shape index (κ1) is 14.7. The minimum Gasteiger partial charge on any atom is -0.339 e. The lowest BCUT2D eigenvalue weighted by Gasteiger charge is -2.00. The highest BCUT2D eigenvalue weighted by Gasteiger charge is 2.10. The molecule has 20 heavy (non-hydrogen) atoms. The molecule has 0 fully saturated rings. The maximum Gasteiger partial charge on any atom is 0.228 e. The number of nitrogens with zero attached hydrogens (tertiary/aromatic N) is 2. The van der Waals surface area contributed by atoms with Gasteiger partial charge in [-0.15, -0.1) is 0 Å². The summed E-state index contributed by atoms with van der Waals surface area (Å²) in [4.78, 5) is 4.25. The Kier molecular flexibility index (Phi) is 4.51. The SMILES string of the molecule is CCS(=O)(=O)NCCc1nc(-c2cccc(C)c2)no1. The standard InChI is InChI=1S/C13H17N3O3S/c1-3-20(17,18)14-8-7-12-15-13(16-19-12)11-6-4-5-10(2)9-11/h4-6,9,14H,3,7-8H2,1-2H3. The fourth-order valence-corrected chi connectivity index (χ4v) is 2.29. The summed E-state index contributed by atoms with van der Waals surface area (Å²) in [5.74, 6) is 0.994. The maximum absolute atomic E-state index is 11.3. The summed E-state index contributed by atoms with van der Waals surface area (Å²) < 4.78 is 30.1. The van der Waals surface area contributed by atoms with Gasteiger partial charge in [0, 0.05) is 18.5 Å². The van der Waals surface area contributed by atoms with Crippen LogP contribution in [0.2, 0.25) is 0 Å². The maximum atomic E-state index is 11.3. The molecule has 0 spiro atoms. The number of aryl methyl sites for hydroxylation is 1. The van der Waals surface area contributed by atoms with E-state index in [0.29, 0.717) is 18.1 Å². The van der Waals surface area contributed by atoms with Crippen LogP contribution in [0.3, 0.4) is 0 Å². The Hall–Kier alpha value is -1.73. The quantitative estimate of drug-likeness (QED) is 0.873. The summed E-state index contributed by atoms with van der Waals surface area (Å²) in [5.41, 5.74) is 2.00. The largest absolute Gasteiger partial charge is 0.339 e. The zero-order valence-electron chi connectivity index (χ0n) is 11.5. The Morgan fingerprint density at radius 2 is 2.15 bits per heavy atom. The van der Waals surface area contributed by atoms with Gasteiger partial charge in [0.25, 0.3) is 0 Å². The summed E-state index contributed by atoms with van der Waals surface area (Å²) in [6.45, 7) is 3.83. The van der Waals surface area contributed by atoms with Crippen molar-refractivity contribution in [2.75, 3.05) is 12.3 Å². The van der Waals surface area contributed by atoms with E-state index in [1.54, 1.807) is 6.92 Å². The second kappa shape index (κ2) is 6.15. The van der Waals surface area contributed by atoms with Crippen molar-refractivity contribution >= 4 is 10.0 Å². The number of hydrogen-bond donors (Lipinski definition) is 1. The van der Waals surface area contributed by atoms with Crippen LogP contribution in [-0.4, -0.2) is 30.9 Å². The zero-order valence-corrected chi connectivity index (χ0v) is 12.3. The van der Waals surface area contributed by atoms with Crippen LogP contribution >= 0.6 is 0 Å². The molecular formula is C13H17N3O3S. The third-order valence-corrected chi connectivity index (χ3v) is 4.19. The van der Waals surface area contributed by atoms with E-state index in [-0.39, 0.29) is 12.3 Å². The van der Waals surface area contributed by atoms with Gasteiger partial charge in [0.1, 0.15) is 0 Å². The van der Waals surface area contributed by atoms with Crippen LogP contribution in [0.4, 0.5) is 0 Å². The van der Waals surface area contributed by atoms with Gasteiger partial charge >= 0.3 is 0 Å². The van der Waals surface area contributed by atoms with Gasteiger partial charge in [0.2, 0.25) is 21.7 Å². The Bertz CT molecular complexity index is 680. The number of aromatic nitrogens is 2. The number of hydrogen-bond acceptors (Lipinski definition) is 5. The first-order valence-electron chi connectivity index (χ1n) is 6.37. The third-order valence-electron chi connectivity index (χ3n) is 2.79. The second-order valence-corrected chi connectivity index (χ2v) is 6.52. The van der Waals surface area contributed by atoms with Crippen molar-refractivity contribution in [3.63, 3.8) is 0 Å². The van der Waals surface area contributed by atoms with E-state index < -0.39 is 10.0 Å². The van der Waals surface area contributed by atoms with Gasteiger partial charge < -0.3 is 4.52 Å². The lowest BCUT2D eigenvalue weighted by molar-refractivity contribution is 0.379. The molecule has 2 rings (SSSR count). The first-order valence-corrected chi connectivity index (χ1v) is 8.02. The van der Waals surface area contributed by atoms with E-state index in [1.165, 1.54) is 0 Å². The molecule has 2 aromatic rings. The number of benzene rings is 1. The van der Waals surface area contributed by atoms with Crippen LogP contribution in [0.15, 0.2) is 28.8 Å². The predicted octanol–water partition coefficient (Wildman–Crippen LogP) is 1.53. The minimum absolute atomic E-state index is 0.0609. The molecule has 0 aliphatic rings. The molecule has 0 amide bonds. The van der Waals surface area contributed by atoms with Gasteiger partial charge in [-0.2, -0.15) is 4.98 Å². The summed E-state index contributed by atoms with van der Waals surface area (Å²) >= 11 is 0. The Morgan fingerprint density at radius 1 is 1.35 bits per heavy atom. The van der Waals surface area contributed by atoms with E-state index in [0.717, 1.165) is 11.1 Å². The van der Waals surface area contributed by atoms with Crippen molar-refractivity contribution in [2.45, 2.75) is 20.3 Å². The van der Waals surface area contributed by atoms with Crippen molar-refractivity contribution in [1.82, 2.24) is 14.9 Å². The van der Waals surface area contributed by atoms with Crippen molar-refractivity contribution < 1.29 is 12.9 Å². The summed E-state index contributed by atoms with van der Waals surface area (Å²) in [6, 6.07) is 7.79. The molecule has 0 saturated heterocycles. The van der Waals surface area contributed by atoms with Crippen LogP contribution < -0.4 is 4.72 Å². The van der Waals surface area contributed by atoms with Gasteiger partial charge in [-0.05, 0) is 19.9 Å². The summed E-state index contributed by atoms with van der Waals surface area (Å²) in [6.07, 6.45) is 0.373. The molecule has 7 heteroatoms. The highest BCUT2D eigenvalue weighted by molar-refractivity contribution is 7.89. The molecule has 6 nitrogen and oxygen atoms in total. The van der Waals surface area contributed by atoms with E-state index in [9.17, 15) is 8.42 Å². The van der Waals surface area contributed by atoms with E-state index in [2.05, 4.69) is 14.9 Å². The third kappa shape index (κ3) is 3.88. The Balaban J connectivity index is 1.99. The van der Waals surface area contributed by atoms with E-state index >= 15 is 0 Å². The molecule has 0 aliphatic carbocycles. The Labute approximate surface area is 118 Å². The van der Waals surface area contributed by atoms with Crippen molar-refractivity contribution in [3.05, 3.63) is 35.7 Å². The highest BCUT2D eigenvalue weighted by Crippen LogP contribution is 2.16. The predicted molar refractivity (Wildman–Crippen MR) is 75.6 cm³/mol. The lowest BCUT2D eigenvalue weighted by Crippen LogP contribution is -2.27. The van der Waals surface area contributed by atoms with Gasteiger partial charge in [0.15, 0.2) is 0 Å². The van der Waals surface area contributed by atoms with Gasteiger partial charge in [-0.25, -0.2) is 13.1 Å². The second-order valence-electron chi connectivity index (χ2n) is 4.43. The number of sulfonamides is 1. The fraction of sp³-hybridized carbons (Fsp3) is 0.385. The average Bonchev–Trinajstić information content (AvgIpc) is 2.87. The van der Waals surface area contributed by atoms with Crippen molar-refractivity contribution in [1.29, 1.82) is 0 Å². The molecule has 1 aromatic heterocycles. The zero-order chi connectivity index (χ0) is 14.6. The summed E-state index contributed by atoms with van der Waals surface area (Å²) in [5, 5.41) is 3.90. The van der Waals surface area contributed by atoms with E-state index in [1.807, 2.05) is 31.2 Å². The lowest BCUT2D eigenvalue weighted by atomic mass is 10.1. The molecule has 0 radical (unpaired) electrons. The normalized spacial score (nSPS) is 11.7. The van der Waals surface area contributed by atoms with Gasteiger partial charge in [-0.3, -0.25) is 0 Å². The smallest absolute Gasteiger partial charge is 0.228 e. The average molecular weight is 295 g/mol. The summed E-state index contributed by atoms with van der Waals surface area (Å²) in [7, 11) is -3.18. The fourth-order valence-electron chi connectivity index (χ4n) is 1.67. The van der Waals surface area contributed by atoms with Crippen molar-refractivity contribution in [3.8, 4) is 11.4 Å². The molecule has 0 aliphatic heterocycles. The molecule has 1 N–H and O–H groups in total. The van der Waals surface area contributed by atoms with Crippen LogP contribution in [0.25, 0.3) is 11.4 Å².